The first-order chi connectivity index (χ1) is 10.6. The molecule has 0 radical (unpaired) electrons. The summed E-state index contributed by atoms with van der Waals surface area (Å²) in [6, 6.07) is 6.13. The molecule has 112 valence electrons. The fourth-order valence-electron chi connectivity index (χ4n) is 4.24. The second-order valence-electron chi connectivity index (χ2n) is 6.06. The van der Waals surface area contributed by atoms with Crippen LogP contribution in [-0.2, 0) is 9.47 Å². The molecule has 22 heavy (non-hydrogen) atoms. The molecule has 1 aliphatic carbocycles. The van der Waals surface area contributed by atoms with Crippen LogP contribution in [0, 0.1) is 56.2 Å². The van der Waals surface area contributed by atoms with Crippen molar-refractivity contribution in [1.29, 1.82) is 21.2 Å². The van der Waals surface area contributed by atoms with Crippen molar-refractivity contribution in [2.24, 2.45) is 16.7 Å². The van der Waals surface area contributed by atoms with Gasteiger partial charge < -0.3 is 9.47 Å². The number of hydrogen-bond acceptors (Lipinski definition) is 6. The van der Waals surface area contributed by atoms with E-state index >= 15 is 0 Å². The van der Waals surface area contributed by atoms with Gasteiger partial charge in [0.2, 0.25) is 17.1 Å². The molecule has 1 N–H and O–H groups in total. The van der Waals surface area contributed by atoms with Crippen LogP contribution in [0.15, 0.2) is 12.2 Å². The van der Waals surface area contributed by atoms with Gasteiger partial charge in [-0.05, 0) is 19.8 Å². The van der Waals surface area contributed by atoms with E-state index in [0.29, 0.717) is 12.8 Å². The maximum atomic E-state index is 9.91. The normalized spacial score (nSPS) is 41.8. The maximum absolute atomic E-state index is 9.91. The van der Waals surface area contributed by atoms with Crippen LogP contribution in [0.4, 0.5) is 0 Å². The third-order valence-corrected chi connectivity index (χ3v) is 5.23. The fourth-order valence-corrected chi connectivity index (χ4v) is 4.24. The first kappa shape index (κ1) is 14.6. The van der Waals surface area contributed by atoms with Gasteiger partial charge in [-0.2, -0.15) is 15.8 Å². The van der Waals surface area contributed by atoms with Gasteiger partial charge in [-0.1, -0.05) is 18.6 Å². The van der Waals surface area contributed by atoms with Gasteiger partial charge in [0.25, 0.3) is 0 Å². The summed E-state index contributed by atoms with van der Waals surface area (Å²) in [7, 11) is 0. The summed E-state index contributed by atoms with van der Waals surface area (Å²) in [4.78, 5) is 0. The molecule has 3 fully saturated rings. The van der Waals surface area contributed by atoms with Gasteiger partial charge in [-0.3, -0.25) is 5.41 Å². The highest BCUT2D eigenvalue weighted by molar-refractivity contribution is 5.89. The molecule has 4 atom stereocenters. The Morgan fingerprint density at radius 1 is 1.23 bits per heavy atom. The molecule has 3 aliphatic rings. The van der Waals surface area contributed by atoms with Crippen LogP contribution in [0.5, 0.6) is 0 Å². The van der Waals surface area contributed by atoms with Crippen molar-refractivity contribution in [1.82, 2.24) is 0 Å². The van der Waals surface area contributed by atoms with E-state index in [1.54, 1.807) is 19.1 Å². The fraction of sp³-hybridized carbons (Fsp3) is 0.625. The van der Waals surface area contributed by atoms with Crippen LogP contribution in [0.2, 0.25) is 0 Å². The van der Waals surface area contributed by atoms with Crippen LogP contribution in [-0.4, -0.2) is 17.8 Å². The average molecular weight is 296 g/mol. The molecule has 2 saturated heterocycles. The molecule has 2 bridgehead atoms. The Hall–Kier alpha value is -2.36. The lowest BCUT2D eigenvalue weighted by Gasteiger charge is -2.50. The van der Waals surface area contributed by atoms with Gasteiger partial charge in [0.1, 0.15) is 6.10 Å². The minimum Gasteiger partial charge on any atom is -0.447 e. The summed E-state index contributed by atoms with van der Waals surface area (Å²) in [5.74, 6) is -1.80. The number of nitrogens with zero attached hydrogens (tertiary/aromatic N) is 3. The van der Waals surface area contributed by atoms with E-state index < -0.39 is 28.6 Å². The van der Waals surface area contributed by atoms with Gasteiger partial charge in [0, 0.05) is 6.42 Å². The van der Waals surface area contributed by atoms with Crippen LogP contribution in [0.25, 0.3) is 0 Å². The summed E-state index contributed by atoms with van der Waals surface area (Å²) in [5.41, 5.74) is -3.34. The Bertz CT molecular complexity index is 666. The Morgan fingerprint density at radius 2 is 1.95 bits per heavy atom. The summed E-state index contributed by atoms with van der Waals surface area (Å²) in [6.07, 6.45) is 5.37. The highest BCUT2D eigenvalue weighted by Crippen LogP contribution is 2.66. The highest BCUT2D eigenvalue weighted by atomic mass is 16.7. The van der Waals surface area contributed by atoms with E-state index in [1.807, 2.05) is 12.1 Å². The quantitative estimate of drug-likeness (QED) is 0.746. The molecule has 2 aliphatic heterocycles. The lowest BCUT2D eigenvalue weighted by Crippen LogP contribution is -2.62. The first-order valence-corrected chi connectivity index (χ1v) is 7.39. The van der Waals surface area contributed by atoms with Gasteiger partial charge in [-0.25, -0.2) is 0 Å². The van der Waals surface area contributed by atoms with Gasteiger partial charge in [0.05, 0.1) is 24.1 Å². The Kier molecular flexibility index (Phi) is 3.02. The standard InChI is InChI=1S/C16H16N4O2/c1-2-5-12-14(8-17,9-18)15(10-19)11-6-3-4-7-16(11,21-12)22-13(15)20/h2,5,11-12,20H,3-4,6-7H2,1H3/b5-2+,20-13?/t11-,12-,15+,16+/m0/s1. The van der Waals surface area contributed by atoms with Crippen molar-refractivity contribution >= 4 is 5.90 Å². The Balaban J connectivity index is 2.31. The van der Waals surface area contributed by atoms with Crippen molar-refractivity contribution in [2.75, 3.05) is 0 Å². The van der Waals surface area contributed by atoms with Crippen LogP contribution in [0.1, 0.15) is 32.6 Å². The van der Waals surface area contributed by atoms with E-state index in [0.717, 1.165) is 12.8 Å². The van der Waals surface area contributed by atoms with Crippen molar-refractivity contribution in [3.05, 3.63) is 12.2 Å². The summed E-state index contributed by atoms with van der Waals surface area (Å²) in [5, 5.41) is 37.7. The number of nitriles is 3. The van der Waals surface area contributed by atoms with E-state index in [1.165, 1.54) is 0 Å². The third kappa shape index (κ3) is 1.33. The molecular formula is C16H16N4O2. The number of hydrogen-bond donors (Lipinski definition) is 1. The minimum atomic E-state index is -1.77. The molecule has 2 heterocycles. The zero-order valence-electron chi connectivity index (χ0n) is 12.3. The van der Waals surface area contributed by atoms with Gasteiger partial charge >= 0.3 is 0 Å². The molecule has 0 aromatic heterocycles. The van der Waals surface area contributed by atoms with E-state index in [2.05, 4.69) is 6.07 Å². The Labute approximate surface area is 129 Å². The molecule has 3 rings (SSSR count). The molecule has 6 nitrogen and oxygen atoms in total. The molecule has 0 aromatic carbocycles. The lowest BCUT2D eigenvalue weighted by molar-refractivity contribution is -0.280. The summed E-state index contributed by atoms with van der Waals surface area (Å²) in [6.45, 7) is 1.76. The average Bonchev–Trinajstić information content (AvgIpc) is 2.74. The molecular weight excluding hydrogens is 280 g/mol. The molecule has 0 aromatic rings. The minimum absolute atomic E-state index is 0.294. The second-order valence-corrected chi connectivity index (χ2v) is 6.06. The van der Waals surface area contributed by atoms with Crippen molar-refractivity contribution < 1.29 is 9.47 Å². The van der Waals surface area contributed by atoms with Gasteiger partial charge in [0.15, 0.2) is 5.41 Å². The second kappa shape index (κ2) is 4.57. The zero-order chi connectivity index (χ0) is 16.0. The Morgan fingerprint density at radius 3 is 2.55 bits per heavy atom. The predicted octanol–water partition coefficient (Wildman–Crippen LogP) is 2.40. The maximum Gasteiger partial charge on any atom is 0.217 e. The lowest BCUT2D eigenvalue weighted by atomic mass is 9.52. The molecule has 0 amide bonds. The number of ether oxygens (including phenoxy) is 2. The number of rotatable bonds is 1. The van der Waals surface area contributed by atoms with Crippen LogP contribution < -0.4 is 0 Å². The largest absolute Gasteiger partial charge is 0.447 e. The SMILES string of the molecule is C/C=C/[C@@H]1O[C@@]23CCCC[C@H]2[C@](C#N)(C(=N)O3)C1(C#N)C#N. The van der Waals surface area contributed by atoms with E-state index in [-0.39, 0.29) is 5.90 Å². The van der Waals surface area contributed by atoms with Crippen LogP contribution in [0.3, 0.4) is 0 Å². The van der Waals surface area contributed by atoms with Crippen LogP contribution >= 0.6 is 0 Å². The smallest absolute Gasteiger partial charge is 0.217 e. The molecule has 6 heteroatoms. The zero-order valence-corrected chi connectivity index (χ0v) is 12.3. The highest BCUT2D eigenvalue weighted by Gasteiger charge is 2.79. The topological polar surface area (TPSA) is 114 Å². The van der Waals surface area contributed by atoms with Crippen molar-refractivity contribution in [3.63, 3.8) is 0 Å². The molecule has 1 saturated carbocycles. The van der Waals surface area contributed by atoms with E-state index in [9.17, 15) is 15.8 Å². The third-order valence-electron chi connectivity index (χ3n) is 5.23. The van der Waals surface area contributed by atoms with E-state index in [4.69, 9.17) is 14.9 Å². The number of nitrogens with one attached hydrogen (secondary N) is 1. The number of allylic oxidation sites excluding steroid dienone is 1. The van der Waals surface area contributed by atoms with Gasteiger partial charge in [-0.15, -0.1) is 0 Å². The summed E-state index contributed by atoms with van der Waals surface area (Å²) < 4.78 is 11.8. The predicted molar refractivity (Wildman–Crippen MR) is 74.9 cm³/mol. The summed E-state index contributed by atoms with van der Waals surface area (Å²) >= 11 is 0. The first-order valence-electron chi connectivity index (χ1n) is 7.39. The molecule has 0 unspecified atom stereocenters. The van der Waals surface area contributed by atoms with Crippen molar-refractivity contribution in [3.8, 4) is 18.2 Å². The van der Waals surface area contributed by atoms with Crippen molar-refractivity contribution in [2.45, 2.75) is 44.5 Å². The monoisotopic (exact) mass is 296 g/mol. The molecule has 0 spiro atoms.